The number of nitrogens with one attached hydrogen (secondary N) is 1. The van der Waals surface area contributed by atoms with E-state index in [1.807, 2.05) is 62.4 Å². The average molecular weight is 498 g/mol. The highest BCUT2D eigenvalue weighted by Crippen LogP contribution is 2.33. The third kappa shape index (κ3) is 6.44. The number of hydrogen-bond acceptors (Lipinski definition) is 8. The van der Waals surface area contributed by atoms with E-state index < -0.39 is 0 Å². The number of carbonyl (C=O) groups is 1. The first-order valence-corrected chi connectivity index (χ1v) is 12.9. The van der Waals surface area contributed by atoms with Crippen molar-refractivity contribution in [3.05, 3.63) is 76.0 Å². The van der Waals surface area contributed by atoms with E-state index in [1.165, 1.54) is 11.3 Å². The highest BCUT2D eigenvalue weighted by Gasteiger charge is 2.21. The van der Waals surface area contributed by atoms with Gasteiger partial charge in [0.1, 0.15) is 10.6 Å². The van der Waals surface area contributed by atoms with Crippen molar-refractivity contribution in [3.8, 4) is 0 Å². The number of fused-ring (bicyclic) bond motifs is 1. The number of aryl methyl sites for hydroxylation is 1. The number of amides is 1. The Morgan fingerprint density at radius 3 is 2.74 bits per heavy atom. The summed E-state index contributed by atoms with van der Waals surface area (Å²) in [5.74, 6) is 0.673. The molecular weight excluding hydrogens is 470 g/mol. The van der Waals surface area contributed by atoms with Crippen molar-refractivity contribution < 1.29 is 18.7 Å². The maximum Gasteiger partial charge on any atom is 0.287 e. The van der Waals surface area contributed by atoms with Gasteiger partial charge in [-0.1, -0.05) is 65.6 Å². The van der Waals surface area contributed by atoms with Crippen molar-refractivity contribution in [3.63, 3.8) is 0 Å². The van der Waals surface area contributed by atoms with Gasteiger partial charge >= 0.3 is 0 Å². The van der Waals surface area contributed by atoms with Gasteiger partial charge < -0.3 is 19.2 Å². The van der Waals surface area contributed by atoms with Crippen molar-refractivity contribution in [2.75, 3.05) is 19.8 Å². The molecule has 0 fully saturated rings. The summed E-state index contributed by atoms with van der Waals surface area (Å²) in [5, 5.41) is 13.1. The first kappa shape index (κ1) is 24.4. The Bertz CT molecular complexity index is 1240. The molecule has 9 heteroatoms. The Hall–Kier alpha value is -2.72. The summed E-state index contributed by atoms with van der Waals surface area (Å²) in [6.45, 7) is 6.61. The van der Waals surface area contributed by atoms with Crippen LogP contribution in [0, 0.1) is 6.92 Å². The van der Waals surface area contributed by atoms with Gasteiger partial charge in [-0.25, -0.2) is 0 Å². The van der Waals surface area contributed by atoms with Crippen molar-refractivity contribution in [1.82, 2.24) is 15.5 Å². The number of furan rings is 1. The van der Waals surface area contributed by atoms with Crippen LogP contribution in [0.15, 0.2) is 57.3 Å². The molecule has 0 aliphatic carbocycles. The summed E-state index contributed by atoms with van der Waals surface area (Å²) in [6.07, 6.45) is 0. The van der Waals surface area contributed by atoms with E-state index in [-0.39, 0.29) is 5.91 Å². The normalized spacial score (nSPS) is 11.2. The third-order valence-electron chi connectivity index (χ3n) is 5.04. The number of rotatable bonds is 12. The number of nitrogens with zero attached hydrogens (tertiary/aromatic N) is 2. The maximum absolute atomic E-state index is 13.1. The van der Waals surface area contributed by atoms with Crippen LogP contribution in [0.1, 0.15) is 39.2 Å². The van der Waals surface area contributed by atoms with Crippen LogP contribution in [0.3, 0.4) is 0 Å². The summed E-state index contributed by atoms with van der Waals surface area (Å²) in [4.78, 5) is 13.1. The van der Waals surface area contributed by atoms with Crippen molar-refractivity contribution in [2.24, 2.45) is 0 Å². The molecule has 0 saturated carbocycles. The first-order chi connectivity index (χ1) is 16.6. The lowest BCUT2D eigenvalue weighted by Crippen LogP contribution is -2.23. The molecule has 7 nitrogen and oxygen atoms in total. The van der Waals surface area contributed by atoms with Gasteiger partial charge in [-0.2, -0.15) is 0 Å². The molecule has 0 aliphatic heterocycles. The van der Waals surface area contributed by atoms with Gasteiger partial charge in [-0.05, 0) is 31.0 Å². The fourth-order valence-electron chi connectivity index (χ4n) is 3.44. The molecule has 1 amide bonds. The monoisotopic (exact) mass is 497 g/mol. The molecule has 0 unspecified atom stereocenters. The average Bonchev–Trinajstić information content (AvgIpc) is 3.44. The summed E-state index contributed by atoms with van der Waals surface area (Å²) >= 11 is 3.10. The quantitative estimate of drug-likeness (QED) is 0.208. The van der Waals surface area contributed by atoms with Crippen LogP contribution in [0.5, 0.6) is 0 Å². The second kappa shape index (κ2) is 12.1. The van der Waals surface area contributed by atoms with E-state index in [0.29, 0.717) is 50.1 Å². The van der Waals surface area contributed by atoms with Gasteiger partial charge in [0.25, 0.3) is 5.91 Å². The smallest absolute Gasteiger partial charge is 0.287 e. The topological polar surface area (TPSA) is 86.5 Å². The summed E-state index contributed by atoms with van der Waals surface area (Å²) in [6, 6.07) is 15.7. The SMILES string of the molecule is CCOCCOCc1cccc(CNC(=O)c2oc3ccccc3c2CSc2nnc(C)s2)c1. The Morgan fingerprint density at radius 2 is 1.91 bits per heavy atom. The van der Waals surface area contributed by atoms with Crippen molar-refractivity contribution in [2.45, 2.75) is 37.1 Å². The van der Waals surface area contributed by atoms with Crippen LogP contribution in [0.4, 0.5) is 0 Å². The zero-order valence-electron chi connectivity index (χ0n) is 19.2. The van der Waals surface area contributed by atoms with Crippen LogP contribution in [-0.2, 0) is 28.4 Å². The van der Waals surface area contributed by atoms with Crippen LogP contribution >= 0.6 is 23.1 Å². The molecule has 0 atom stereocenters. The molecule has 2 aromatic heterocycles. The zero-order valence-corrected chi connectivity index (χ0v) is 20.8. The number of thioether (sulfide) groups is 1. The second-order valence-electron chi connectivity index (χ2n) is 7.53. The minimum absolute atomic E-state index is 0.237. The van der Waals surface area contributed by atoms with Crippen molar-refractivity contribution in [1.29, 1.82) is 0 Å². The van der Waals surface area contributed by atoms with E-state index in [0.717, 1.165) is 31.4 Å². The fraction of sp³-hybridized carbons (Fsp3) is 0.320. The number of aromatic nitrogens is 2. The third-order valence-corrected chi connectivity index (χ3v) is 7.04. The first-order valence-electron chi connectivity index (χ1n) is 11.1. The molecular formula is C25H27N3O4S2. The summed E-state index contributed by atoms with van der Waals surface area (Å²) in [5.41, 5.74) is 3.61. The number of benzene rings is 2. The highest BCUT2D eigenvalue weighted by molar-refractivity contribution is 8.00. The van der Waals surface area contributed by atoms with Crippen LogP contribution in [-0.4, -0.2) is 35.9 Å². The van der Waals surface area contributed by atoms with Crippen molar-refractivity contribution >= 4 is 40.0 Å². The van der Waals surface area contributed by atoms with Gasteiger partial charge in [0, 0.05) is 29.9 Å². The maximum atomic E-state index is 13.1. The fourth-order valence-corrected chi connectivity index (χ4v) is 5.28. The van der Waals surface area contributed by atoms with Gasteiger partial charge in [-0.15, -0.1) is 10.2 Å². The molecule has 1 N–H and O–H groups in total. The molecule has 0 spiro atoms. The van der Waals surface area contributed by atoms with E-state index in [1.54, 1.807) is 11.8 Å². The summed E-state index contributed by atoms with van der Waals surface area (Å²) in [7, 11) is 0. The van der Waals surface area contributed by atoms with Crippen LogP contribution in [0.25, 0.3) is 11.0 Å². The Kier molecular flexibility index (Phi) is 8.70. The summed E-state index contributed by atoms with van der Waals surface area (Å²) < 4.78 is 17.8. The zero-order chi connectivity index (χ0) is 23.8. The minimum atomic E-state index is -0.237. The van der Waals surface area contributed by atoms with E-state index in [9.17, 15) is 4.79 Å². The number of carbonyl (C=O) groups excluding carboxylic acids is 1. The molecule has 34 heavy (non-hydrogen) atoms. The number of hydrogen-bond donors (Lipinski definition) is 1. The van der Waals surface area contributed by atoms with E-state index in [4.69, 9.17) is 13.9 Å². The standard InChI is InChI=1S/C25H27N3O4S2/c1-3-30-11-12-31-15-19-8-6-7-18(13-19)14-26-24(29)23-21(16-33-25-28-27-17(2)34-25)20-9-4-5-10-22(20)32-23/h4-10,13H,3,11-12,14-16H2,1-2H3,(H,26,29). The van der Waals surface area contributed by atoms with Gasteiger partial charge in [0.15, 0.2) is 10.1 Å². The molecule has 2 aromatic carbocycles. The van der Waals surface area contributed by atoms with Crippen LogP contribution < -0.4 is 5.32 Å². The predicted octanol–water partition coefficient (Wildman–Crippen LogP) is 5.37. The Labute approximate surface area is 206 Å². The highest BCUT2D eigenvalue weighted by atomic mass is 32.2. The molecule has 4 aromatic rings. The molecule has 2 heterocycles. The van der Waals surface area contributed by atoms with Gasteiger partial charge in [-0.3, -0.25) is 4.79 Å². The van der Waals surface area contributed by atoms with Crippen LogP contribution in [0.2, 0.25) is 0 Å². The lowest BCUT2D eigenvalue weighted by molar-refractivity contribution is 0.0453. The lowest BCUT2D eigenvalue weighted by atomic mass is 10.1. The molecule has 0 aliphatic rings. The van der Waals surface area contributed by atoms with Gasteiger partial charge in [0.05, 0.1) is 19.8 Å². The molecule has 0 radical (unpaired) electrons. The largest absolute Gasteiger partial charge is 0.451 e. The molecule has 0 bridgehead atoms. The molecule has 0 saturated heterocycles. The van der Waals surface area contributed by atoms with E-state index >= 15 is 0 Å². The number of ether oxygens (including phenoxy) is 2. The minimum Gasteiger partial charge on any atom is -0.451 e. The van der Waals surface area contributed by atoms with E-state index in [2.05, 4.69) is 15.5 Å². The Morgan fingerprint density at radius 1 is 1.09 bits per heavy atom. The molecule has 4 rings (SSSR count). The molecule has 178 valence electrons. The van der Waals surface area contributed by atoms with Gasteiger partial charge in [0.2, 0.25) is 0 Å². The number of para-hydroxylation sites is 1. The second-order valence-corrected chi connectivity index (χ2v) is 9.94. The predicted molar refractivity (Wildman–Crippen MR) is 134 cm³/mol. The Balaban J connectivity index is 1.41. The lowest BCUT2D eigenvalue weighted by Gasteiger charge is -2.08.